The van der Waals surface area contributed by atoms with Crippen molar-refractivity contribution in [3.8, 4) is 0 Å². The minimum Gasteiger partial charge on any atom is -0.369 e. The Balaban J connectivity index is 2.87. The molecule has 0 saturated heterocycles. The lowest BCUT2D eigenvalue weighted by molar-refractivity contribution is 0.376. The van der Waals surface area contributed by atoms with E-state index >= 15 is 0 Å². The quantitative estimate of drug-likeness (QED) is 0.785. The van der Waals surface area contributed by atoms with Gasteiger partial charge in [0.1, 0.15) is 16.8 Å². The molecule has 1 aromatic rings. The first-order valence-corrected chi connectivity index (χ1v) is 7.04. The zero-order valence-electron chi connectivity index (χ0n) is 12.1. The van der Waals surface area contributed by atoms with Gasteiger partial charge in [-0.05, 0) is 25.2 Å². The number of aryl methyl sites for hydroxylation is 1. The van der Waals surface area contributed by atoms with Crippen LogP contribution in [0.5, 0.6) is 0 Å². The molecule has 0 aliphatic heterocycles. The molecule has 102 valence electrons. The van der Waals surface area contributed by atoms with Crippen molar-refractivity contribution < 1.29 is 0 Å². The average Bonchev–Trinajstić information content (AvgIpc) is 2.32. The fourth-order valence-corrected chi connectivity index (χ4v) is 1.68. The Morgan fingerprint density at radius 3 is 2.44 bits per heavy atom. The zero-order chi connectivity index (χ0) is 13.8. The van der Waals surface area contributed by atoms with E-state index in [1.165, 1.54) is 0 Å². The van der Waals surface area contributed by atoms with E-state index in [1.54, 1.807) is 0 Å². The molecule has 1 N–H and O–H groups in total. The molecule has 0 atom stereocenters. The van der Waals surface area contributed by atoms with Gasteiger partial charge in [0.05, 0.1) is 0 Å². The first kappa shape index (κ1) is 15.2. The van der Waals surface area contributed by atoms with Crippen molar-refractivity contribution in [1.29, 1.82) is 0 Å². The van der Waals surface area contributed by atoms with Crippen molar-refractivity contribution in [2.24, 2.45) is 5.41 Å². The Bertz CT molecular complexity index is 402. The monoisotopic (exact) mass is 269 g/mol. The van der Waals surface area contributed by atoms with Gasteiger partial charge in [-0.3, -0.25) is 0 Å². The summed E-state index contributed by atoms with van der Waals surface area (Å²) < 4.78 is 0. The van der Waals surface area contributed by atoms with E-state index in [4.69, 9.17) is 11.6 Å². The fraction of sp³-hybridized carbons (Fsp3) is 0.714. The standard InChI is InChI=1S/C14H24ClN3/c1-6-8-11-17-12(15)10(3)13(18-11)16-9-14(4,5)7-2/h6-9H2,1-5H3,(H,16,17,18). The number of nitrogens with zero attached hydrogens (tertiary/aromatic N) is 2. The summed E-state index contributed by atoms with van der Waals surface area (Å²) in [6.45, 7) is 11.6. The molecule has 0 spiro atoms. The van der Waals surface area contributed by atoms with Crippen LogP contribution in [-0.4, -0.2) is 16.5 Å². The van der Waals surface area contributed by atoms with Crippen molar-refractivity contribution in [2.45, 2.75) is 53.9 Å². The largest absolute Gasteiger partial charge is 0.369 e. The lowest BCUT2D eigenvalue weighted by Crippen LogP contribution is -2.23. The average molecular weight is 270 g/mol. The van der Waals surface area contributed by atoms with Gasteiger partial charge in [0.25, 0.3) is 0 Å². The molecule has 0 radical (unpaired) electrons. The molecule has 0 fully saturated rings. The predicted molar refractivity (Wildman–Crippen MR) is 78.3 cm³/mol. The van der Waals surface area contributed by atoms with E-state index < -0.39 is 0 Å². The molecule has 0 aromatic carbocycles. The molecule has 1 rings (SSSR count). The molecular formula is C14H24ClN3. The Labute approximate surface area is 115 Å². The fourth-order valence-electron chi connectivity index (χ4n) is 1.49. The number of halogens is 1. The number of hydrogen-bond donors (Lipinski definition) is 1. The molecule has 0 unspecified atom stereocenters. The first-order valence-electron chi connectivity index (χ1n) is 6.66. The topological polar surface area (TPSA) is 37.8 Å². The van der Waals surface area contributed by atoms with Gasteiger partial charge in [-0.1, -0.05) is 39.3 Å². The minimum atomic E-state index is 0.259. The number of aromatic nitrogens is 2. The van der Waals surface area contributed by atoms with Crippen LogP contribution in [-0.2, 0) is 6.42 Å². The first-order chi connectivity index (χ1) is 8.39. The van der Waals surface area contributed by atoms with Crippen molar-refractivity contribution in [2.75, 3.05) is 11.9 Å². The van der Waals surface area contributed by atoms with Crippen LogP contribution in [0.25, 0.3) is 0 Å². The van der Waals surface area contributed by atoms with E-state index in [0.717, 1.165) is 43.0 Å². The molecule has 0 amide bonds. The summed E-state index contributed by atoms with van der Waals surface area (Å²) in [6, 6.07) is 0. The molecular weight excluding hydrogens is 246 g/mol. The third-order valence-electron chi connectivity index (χ3n) is 3.30. The second kappa shape index (κ2) is 6.37. The second-order valence-electron chi connectivity index (χ2n) is 5.53. The second-order valence-corrected chi connectivity index (χ2v) is 5.88. The molecule has 0 aliphatic rings. The highest BCUT2D eigenvalue weighted by Crippen LogP contribution is 2.24. The highest BCUT2D eigenvalue weighted by Gasteiger charge is 2.16. The van der Waals surface area contributed by atoms with Crippen molar-refractivity contribution in [3.05, 3.63) is 16.5 Å². The van der Waals surface area contributed by atoms with E-state index in [9.17, 15) is 0 Å². The number of nitrogens with one attached hydrogen (secondary N) is 1. The maximum Gasteiger partial charge on any atom is 0.137 e. The van der Waals surface area contributed by atoms with Crippen molar-refractivity contribution >= 4 is 17.4 Å². The zero-order valence-corrected chi connectivity index (χ0v) is 12.9. The lowest BCUT2D eigenvalue weighted by Gasteiger charge is -2.24. The van der Waals surface area contributed by atoms with Crippen LogP contribution in [0.1, 0.15) is 51.9 Å². The molecule has 1 heterocycles. The molecule has 18 heavy (non-hydrogen) atoms. The van der Waals surface area contributed by atoms with Crippen LogP contribution < -0.4 is 5.32 Å². The summed E-state index contributed by atoms with van der Waals surface area (Å²) in [5.74, 6) is 1.70. The van der Waals surface area contributed by atoms with Gasteiger partial charge in [0.15, 0.2) is 0 Å². The Morgan fingerprint density at radius 2 is 1.89 bits per heavy atom. The Hall–Kier alpha value is -0.830. The van der Waals surface area contributed by atoms with Crippen LogP contribution >= 0.6 is 11.6 Å². The van der Waals surface area contributed by atoms with Gasteiger partial charge in [0.2, 0.25) is 0 Å². The molecule has 4 heteroatoms. The molecule has 0 saturated carbocycles. The summed E-state index contributed by atoms with van der Waals surface area (Å²) in [5, 5.41) is 3.97. The van der Waals surface area contributed by atoms with Gasteiger partial charge < -0.3 is 5.32 Å². The predicted octanol–water partition coefficient (Wildman–Crippen LogP) is 4.24. The highest BCUT2D eigenvalue weighted by atomic mass is 35.5. The van der Waals surface area contributed by atoms with Gasteiger partial charge in [0, 0.05) is 18.5 Å². The third kappa shape index (κ3) is 4.13. The number of anilines is 1. The van der Waals surface area contributed by atoms with E-state index in [0.29, 0.717) is 5.15 Å². The van der Waals surface area contributed by atoms with E-state index in [2.05, 4.69) is 43.0 Å². The summed E-state index contributed by atoms with van der Waals surface area (Å²) in [5.41, 5.74) is 1.19. The summed E-state index contributed by atoms with van der Waals surface area (Å²) in [4.78, 5) is 8.86. The molecule has 0 bridgehead atoms. The summed E-state index contributed by atoms with van der Waals surface area (Å²) in [7, 11) is 0. The highest BCUT2D eigenvalue weighted by molar-refractivity contribution is 6.30. The Morgan fingerprint density at radius 1 is 1.22 bits per heavy atom. The van der Waals surface area contributed by atoms with Gasteiger partial charge >= 0.3 is 0 Å². The van der Waals surface area contributed by atoms with Crippen LogP contribution in [0.2, 0.25) is 5.15 Å². The van der Waals surface area contributed by atoms with Crippen LogP contribution in [0.15, 0.2) is 0 Å². The molecule has 3 nitrogen and oxygen atoms in total. The third-order valence-corrected chi connectivity index (χ3v) is 3.67. The van der Waals surface area contributed by atoms with Gasteiger partial charge in [-0.15, -0.1) is 0 Å². The molecule has 0 aliphatic carbocycles. The summed E-state index contributed by atoms with van der Waals surface area (Å²) in [6.07, 6.45) is 3.02. The summed E-state index contributed by atoms with van der Waals surface area (Å²) >= 11 is 6.15. The smallest absolute Gasteiger partial charge is 0.137 e. The number of rotatable bonds is 6. The minimum absolute atomic E-state index is 0.259. The van der Waals surface area contributed by atoms with Crippen LogP contribution in [0.3, 0.4) is 0 Å². The lowest BCUT2D eigenvalue weighted by atomic mass is 9.90. The van der Waals surface area contributed by atoms with Crippen molar-refractivity contribution in [1.82, 2.24) is 9.97 Å². The van der Waals surface area contributed by atoms with E-state index in [-0.39, 0.29) is 5.41 Å². The van der Waals surface area contributed by atoms with Gasteiger partial charge in [-0.25, -0.2) is 9.97 Å². The Kier molecular flexibility index (Phi) is 5.39. The van der Waals surface area contributed by atoms with Crippen molar-refractivity contribution in [3.63, 3.8) is 0 Å². The SMILES string of the molecule is CCCc1nc(Cl)c(C)c(NCC(C)(C)CC)n1. The van der Waals surface area contributed by atoms with Gasteiger partial charge in [-0.2, -0.15) is 0 Å². The van der Waals surface area contributed by atoms with Crippen LogP contribution in [0.4, 0.5) is 5.82 Å². The maximum atomic E-state index is 6.15. The van der Waals surface area contributed by atoms with E-state index in [1.807, 2.05) is 6.92 Å². The normalized spacial score (nSPS) is 11.7. The molecule has 1 aromatic heterocycles. The number of hydrogen-bond acceptors (Lipinski definition) is 3. The maximum absolute atomic E-state index is 6.15. The van der Waals surface area contributed by atoms with Crippen LogP contribution in [0, 0.1) is 12.3 Å².